The lowest BCUT2D eigenvalue weighted by atomic mass is 9.92. The number of hydrogen-bond donors (Lipinski definition) is 3. The van der Waals surface area contributed by atoms with Gasteiger partial charge in [0.15, 0.2) is 16.7 Å². The van der Waals surface area contributed by atoms with E-state index < -0.39 is 41.4 Å². The van der Waals surface area contributed by atoms with E-state index in [1.807, 2.05) is 13.8 Å². The number of carboxylic acid groups (broad SMARTS) is 1. The second kappa shape index (κ2) is 15.4. The van der Waals surface area contributed by atoms with Crippen molar-refractivity contribution in [2.45, 2.75) is 44.6 Å². The second-order valence-electron chi connectivity index (χ2n) is 12.4. The molecule has 0 aliphatic carbocycles. The molecule has 4 aromatic rings. The highest BCUT2D eigenvalue weighted by Gasteiger charge is 2.41. The van der Waals surface area contributed by atoms with E-state index in [0.29, 0.717) is 55.2 Å². The fourth-order valence-electron chi connectivity index (χ4n) is 5.64. The topological polar surface area (TPSA) is 169 Å². The predicted octanol–water partition coefficient (Wildman–Crippen LogP) is 5.85. The Morgan fingerprint density at radius 2 is 1.88 bits per heavy atom. The molecule has 50 heavy (non-hydrogen) atoms. The molecule has 2 heterocycles. The molecule has 15 heteroatoms. The van der Waals surface area contributed by atoms with Gasteiger partial charge in [-0.15, -0.1) is 0 Å². The molecule has 3 aromatic carbocycles. The lowest BCUT2D eigenvalue weighted by Gasteiger charge is -2.33. The summed E-state index contributed by atoms with van der Waals surface area (Å²) < 4.78 is 23.2. The monoisotopic (exact) mass is 724 g/mol. The van der Waals surface area contributed by atoms with E-state index in [1.165, 1.54) is 21.1 Å². The Kier molecular flexibility index (Phi) is 11.2. The molecule has 3 N–H and O–H groups in total. The summed E-state index contributed by atoms with van der Waals surface area (Å²) in [6.07, 6.45) is -2.55. The number of esters is 1. The number of carbonyl (C=O) groups excluding carboxylic acids is 3. The number of thioether (sulfide) groups is 1. The zero-order valence-electron chi connectivity index (χ0n) is 28.1. The van der Waals surface area contributed by atoms with E-state index in [-0.39, 0.29) is 25.3 Å². The molecule has 0 spiro atoms. The van der Waals surface area contributed by atoms with Crippen molar-refractivity contribution in [3.8, 4) is 11.5 Å². The smallest absolute Gasteiger partial charge is 0.313 e. The summed E-state index contributed by atoms with van der Waals surface area (Å²) in [6, 6.07) is 15.4. The molecule has 2 amide bonds. The Morgan fingerprint density at radius 1 is 1.10 bits per heavy atom. The SMILES string of the molecule is COc1cccc([C@H]2O[C@H](CC(=O)Nc3ccc4nc(SCC(=O)O)[nH]c4c3)C(=O)N(CC(C)(C)COC(C)=O)c3ccc(Cl)cc32)c1OC. The lowest BCUT2D eigenvalue weighted by Crippen LogP contribution is -2.46. The zero-order valence-corrected chi connectivity index (χ0v) is 29.6. The van der Waals surface area contributed by atoms with Crippen LogP contribution in [0.2, 0.25) is 5.02 Å². The van der Waals surface area contributed by atoms with Crippen LogP contribution >= 0.6 is 23.4 Å². The summed E-state index contributed by atoms with van der Waals surface area (Å²) in [4.78, 5) is 59.8. The number of aliphatic carboxylic acids is 1. The number of ether oxygens (including phenoxy) is 4. The standard InChI is InChI=1S/C35H37ClN4O9S/c1-19(41)48-18-35(2,3)17-40-26-12-9-20(36)13-23(26)31(22-7-6-8-27(46-4)32(22)47-5)49-28(33(40)45)15-29(42)37-21-10-11-24-25(14-21)39-34(38-24)50-16-30(43)44/h6-14,28,31H,15-18H2,1-5H3,(H,37,42)(H,38,39)(H,43,44)/t28-,31-/m1/s1. The minimum absolute atomic E-state index is 0.0424. The first-order valence-corrected chi connectivity index (χ1v) is 16.9. The normalized spacial score (nSPS) is 16.0. The third-order valence-corrected chi connectivity index (χ3v) is 8.91. The van der Waals surface area contributed by atoms with Gasteiger partial charge in [0.1, 0.15) is 12.2 Å². The molecule has 0 saturated heterocycles. The Morgan fingerprint density at radius 3 is 2.58 bits per heavy atom. The lowest BCUT2D eigenvalue weighted by molar-refractivity contribution is -0.144. The summed E-state index contributed by atoms with van der Waals surface area (Å²) in [5, 5.41) is 12.7. The average Bonchev–Trinajstić information content (AvgIpc) is 3.45. The Balaban J connectivity index is 1.51. The van der Waals surface area contributed by atoms with Crippen LogP contribution in [0.3, 0.4) is 0 Å². The zero-order chi connectivity index (χ0) is 36.2. The number of aromatic amines is 1. The van der Waals surface area contributed by atoms with Gasteiger partial charge in [-0.2, -0.15) is 0 Å². The highest BCUT2D eigenvalue weighted by molar-refractivity contribution is 7.99. The van der Waals surface area contributed by atoms with Crippen LogP contribution in [0.15, 0.2) is 59.8 Å². The second-order valence-corrected chi connectivity index (χ2v) is 13.8. The van der Waals surface area contributed by atoms with Crippen LogP contribution in [-0.4, -0.2) is 78.1 Å². The van der Waals surface area contributed by atoms with Crippen molar-refractivity contribution >= 4 is 69.5 Å². The molecule has 0 radical (unpaired) electrons. The third-order valence-electron chi connectivity index (χ3n) is 7.82. The van der Waals surface area contributed by atoms with E-state index in [0.717, 1.165) is 11.8 Å². The number of amides is 2. The summed E-state index contributed by atoms with van der Waals surface area (Å²) in [7, 11) is 3.02. The molecule has 0 saturated carbocycles. The van der Waals surface area contributed by atoms with Gasteiger partial charge in [0.2, 0.25) is 5.91 Å². The average molecular weight is 725 g/mol. The first kappa shape index (κ1) is 36.5. The molecule has 2 atom stereocenters. The summed E-state index contributed by atoms with van der Waals surface area (Å²) >= 11 is 7.58. The van der Waals surface area contributed by atoms with E-state index in [2.05, 4.69) is 15.3 Å². The molecule has 0 bridgehead atoms. The number of fused-ring (bicyclic) bond motifs is 2. The summed E-state index contributed by atoms with van der Waals surface area (Å²) in [6.45, 7) is 5.22. The molecule has 5 rings (SSSR count). The molecule has 1 aliphatic rings. The van der Waals surface area contributed by atoms with Gasteiger partial charge in [-0.1, -0.05) is 49.3 Å². The number of benzene rings is 3. The van der Waals surface area contributed by atoms with Gasteiger partial charge in [-0.05, 0) is 42.5 Å². The number of methoxy groups -OCH3 is 2. The largest absolute Gasteiger partial charge is 0.493 e. The number of halogens is 1. The van der Waals surface area contributed by atoms with E-state index in [1.54, 1.807) is 59.5 Å². The van der Waals surface area contributed by atoms with Gasteiger partial charge in [0.05, 0.1) is 44.0 Å². The van der Waals surface area contributed by atoms with Crippen LogP contribution in [0.5, 0.6) is 11.5 Å². The van der Waals surface area contributed by atoms with Crippen molar-refractivity contribution in [3.63, 3.8) is 0 Å². The number of carboxylic acids is 1. The van der Waals surface area contributed by atoms with Crippen LogP contribution in [0.25, 0.3) is 11.0 Å². The third kappa shape index (κ3) is 8.49. The number of aromatic nitrogens is 2. The number of H-pyrrole nitrogens is 1. The van der Waals surface area contributed by atoms with Crippen molar-refractivity contribution in [1.29, 1.82) is 0 Å². The van der Waals surface area contributed by atoms with Gasteiger partial charge in [-0.3, -0.25) is 19.2 Å². The van der Waals surface area contributed by atoms with Crippen LogP contribution < -0.4 is 19.7 Å². The van der Waals surface area contributed by atoms with Gasteiger partial charge in [-0.25, -0.2) is 4.98 Å². The van der Waals surface area contributed by atoms with Gasteiger partial charge in [0, 0.05) is 46.4 Å². The van der Waals surface area contributed by atoms with Crippen molar-refractivity contribution in [2.75, 3.05) is 43.3 Å². The molecule has 264 valence electrons. The highest BCUT2D eigenvalue weighted by Crippen LogP contribution is 2.45. The quantitative estimate of drug-likeness (QED) is 0.112. The number of nitrogens with one attached hydrogen (secondary N) is 2. The van der Waals surface area contributed by atoms with Gasteiger partial charge < -0.3 is 39.3 Å². The highest BCUT2D eigenvalue weighted by atomic mass is 35.5. The van der Waals surface area contributed by atoms with E-state index in [9.17, 15) is 19.2 Å². The summed E-state index contributed by atoms with van der Waals surface area (Å²) in [5.41, 5.74) is 2.55. The first-order valence-electron chi connectivity index (χ1n) is 15.5. The van der Waals surface area contributed by atoms with Crippen LogP contribution in [-0.2, 0) is 28.7 Å². The predicted molar refractivity (Wildman–Crippen MR) is 188 cm³/mol. The van der Waals surface area contributed by atoms with Crippen LogP contribution in [0, 0.1) is 5.41 Å². The van der Waals surface area contributed by atoms with Crippen molar-refractivity contribution in [2.24, 2.45) is 5.41 Å². The fraction of sp³-hybridized carbons (Fsp3) is 0.343. The molecular weight excluding hydrogens is 688 g/mol. The molecule has 0 fully saturated rings. The van der Waals surface area contributed by atoms with Crippen molar-refractivity contribution in [1.82, 2.24) is 9.97 Å². The molecular formula is C35H37ClN4O9S. The van der Waals surface area contributed by atoms with Crippen molar-refractivity contribution in [3.05, 3.63) is 70.7 Å². The van der Waals surface area contributed by atoms with Crippen molar-refractivity contribution < 1.29 is 43.2 Å². The Bertz CT molecular complexity index is 1930. The number of nitrogens with zero attached hydrogens (tertiary/aromatic N) is 2. The molecule has 13 nitrogen and oxygen atoms in total. The number of anilines is 2. The fourth-order valence-corrected chi connectivity index (χ4v) is 6.43. The van der Waals surface area contributed by atoms with E-state index in [4.69, 9.17) is 35.7 Å². The minimum atomic E-state index is -1.28. The minimum Gasteiger partial charge on any atom is -0.493 e. The van der Waals surface area contributed by atoms with Crippen LogP contribution in [0.4, 0.5) is 11.4 Å². The number of rotatable bonds is 13. The van der Waals surface area contributed by atoms with Gasteiger partial charge in [0.25, 0.3) is 5.91 Å². The van der Waals surface area contributed by atoms with Gasteiger partial charge >= 0.3 is 11.9 Å². The van der Waals surface area contributed by atoms with E-state index >= 15 is 0 Å². The number of para-hydroxylation sites is 1. The van der Waals surface area contributed by atoms with Crippen LogP contribution in [0.1, 0.15) is 44.4 Å². The first-order chi connectivity index (χ1) is 23.8. The maximum absolute atomic E-state index is 14.5. The molecule has 1 aromatic heterocycles. The maximum atomic E-state index is 14.5. The molecule has 1 aliphatic heterocycles. The maximum Gasteiger partial charge on any atom is 0.313 e. The summed E-state index contributed by atoms with van der Waals surface area (Å²) in [5.74, 6) is -1.72. The Hall–Kier alpha value is -4.79. The number of carbonyl (C=O) groups is 4. The Labute approximate surface area is 297 Å². The number of hydrogen-bond acceptors (Lipinski definition) is 10. The molecule has 0 unspecified atom stereocenters. The number of imidazole rings is 1.